The van der Waals surface area contributed by atoms with E-state index in [0.29, 0.717) is 12.6 Å². The Morgan fingerprint density at radius 3 is 2.95 bits per heavy atom. The van der Waals surface area contributed by atoms with Crippen molar-refractivity contribution in [1.82, 2.24) is 4.98 Å². The number of morpholine rings is 1. The summed E-state index contributed by atoms with van der Waals surface area (Å²) >= 11 is 0. The number of rotatable bonds is 3. The predicted molar refractivity (Wildman–Crippen MR) is 73.1 cm³/mol. The number of carbonyl (C=O) groups is 1. The van der Waals surface area contributed by atoms with Gasteiger partial charge in [0.1, 0.15) is 5.82 Å². The fourth-order valence-corrected chi connectivity index (χ4v) is 2.06. The number of aromatic nitrogens is 1. The van der Waals surface area contributed by atoms with Crippen molar-refractivity contribution in [3.63, 3.8) is 0 Å². The van der Waals surface area contributed by atoms with Crippen molar-refractivity contribution >= 4 is 17.9 Å². The molecule has 1 saturated heterocycles. The summed E-state index contributed by atoms with van der Waals surface area (Å²) in [6.45, 7) is 5.66. The molecule has 102 valence electrons. The summed E-state index contributed by atoms with van der Waals surface area (Å²) in [4.78, 5) is 17.0. The highest BCUT2D eigenvalue weighted by Crippen LogP contribution is 2.19. The molecule has 5 nitrogen and oxygen atoms in total. The highest BCUT2D eigenvalue weighted by Gasteiger charge is 2.24. The normalized spacial score (nSPS) is 23.8. The Morgan fingerprint density at radius 2 is 2.32 bits per heavy atom. The molecule has 1 aromatic heterocycles. The van der Waals surface area contributed by atoms with E-state index in [2.05, 4.69) is 16.8 Å². The smallest absolute Gasteiger partial charge is 0.328 e. The minimum atomic E-state index is -0.959. The van der Waals surface area contributed by atoms with Gasteiger partial charge in [0.15, 0.2) is 0 Å². The molecule has 0 spiro atoms. The van der Waals surface area contributed by atoms with Gasteiger partial charge in [0, 0.05) is 18.8 Å². The fourth-order valence-electron chi connectivity index (χ4n) is 2.06. The maximum atomic E-state index is 10.4. The van der Waals surface area contributed by atoms with Crippen LogP contribution < -0.4 is 4.90 Å². The van der Waals surface area contributed by atoms with Crippen LogP contribution in [0.2, 0.25) is 0 Å². The van der Waals surface area contributed by atoms with Crippen molar-refractivity contribution in [3.05, 3.63) is 30.0 Å². The molecule has 2 heterocycles. The number of aliphatic carboxylic acids is 1. The van der Waals surface area contributed by atoms with Gasteiger partial charge in [-0.15, -0.1) is 0 Å². The van der Waals surface area contributed by atoms with Crippen LogP contribution in [0.15, 0.2) is 24.4 Å². The molecule has 2 unspecified atom stereocenters. The third-order valence-electron chi connectivity index (χ3n) is 3.09. The third kappa shape index (κ3) is 3.54. The molecule has 1 fully saturated rings. The van der Waals surface area contributed by atoms with E-state index >= 15 is 0 Å². The molecular formula is C14H18N2O3. The summed E-state index contributed by atoms with van der Waals surface area (Å²) in [5.41, 5.74) is 0.778. The molecule has 19 heavy (non-hydrogen) atoms. The second-order valence-corrected chi connectivity index (χ2v) is 4.77. The van der Waals surface area contributed by atoms with Gasteiger partial charge in [-0.3, -0.25) is 0 Å². The summed E-state index contributed by atoms with van der Waals surface area (Å²) in [6.07, 6.45) is 4.52. The molecule has 1 N–H and O–H groups in total. The molecule has 1 aliphatic heterocycles. The van der Waals surface area contributed by atoms with E-state index in [-0.39, 0.29) is 6.10 Å². The second-order valence-electron chi connectivity index (χ2n) is 4.77. The first-order chi connectivity index (χ1) is 9.06. The van der Waals surface area contributed by atoms with Crippen LogP contribution in [0, 0.1) is 0 Å². The van der Waals surface area contributed by atoms with Crippen LogP contribution in [0.3, 0.4) is 0 Å². The quantitative estimate of drug-likeness (QED) is 0.841. The van der Waals surface area contributed by atoms with Crippen LogP contribution in [0.5, 0.6) is 0 Å². The molecule has 5 heteroatoms. The highest BCUT2D eigenvalue weighted by atomic mass is 16.5. The molecule has 2 atom stereocenters. The molecule has 0 aliphatic carbocycles. The van der Waals surface area contributed by atoms with Gasteiger partial charge in [0.2, 0.25) is 0 Å². The summed E-state index contributed by atoms with van der Waals surface area (Å²) in [5, 5.41) is 8.57. The van der Waals surface area contributed by atoms with Crippen LogP contribution in [0.25, 0.3) is 6.08 Å². The second kappa shape index (κ2) is 5.84. The Bertz CT molecular complexity index is 470. The molecule has 1 aliphatic rings. The SMILES string of the molecule is CC1CN(c2ccc(/C=C/C(=O)O)cn2)C(C)CO1. The van der Waals surface area contributed by atoms with Gasteiger partial charge >= 0.3 is 5.97 Å². The number of nitrogens with zero attached hydrogens (tertiary/aromatic N) is 2. The maximum absolute atomic E-state index is 10.4. The highest BCUT2D eigenvalue weighted by molar-refractivity contribution is 5.85. The first-order valence-corrected chi connectivity index (χ1v) is 6.31. The summed E-state index contributed by atoms with van der Waals surface area (Å²) < 4.78 is 5.58. The number of pyridine rings is 1. The standard InChI is InChI=1S/C14H18N2O3/c1-10-9-19-11(2)8-16(10)13-5-3-12(7-15-13)4-6-14(17)18/h3-7,10-11H,8-9H2,1-2H3,(H,17,18)/b6-4+. The lowest BCUT2D eigenvalue weighted by molar-refractivity contribution is -0.131. The number of carboxylic acids is 1. The monoisotopic (exact) mass is 262 g/mol. The Kier molecular flexibility index (Phi) is 4.16. The Morgan fingerprint density at radius 1 is 1.53 bits per heavy atom. The van der Waals surface area contributed by atoms with Crippen molar-refractivity contribution < 1.29 is 14.6 Å². The minimum absolute atomic E-state index is 0.199. The van der Waals surface area contributed by atoms with Crippen LogP contribution >= 0.6 is 0 Å². The van der Waals surface area contributed by atoms with Gasteiger partial charge in [0.05, 0.1) is 18.8 Å². The molecule has 0 radical (unpaired) electrons. The van der Waals surface area contributed by atoms with E-state index in [9.17, 15) is 4.79 Å². The van der Waals surface area contributed by atoms with Gasteiger partial charge in [-0.2, -0.15) is 0 Å². The zero-order valence-corrected chi connectivity index (χ0v) is 11.1. The van der Waals surface area contributed by atoms with Crippen molar-refractivity contribution in [2.45, 2.75) is 26.0 Å². The zero-order valence-electron chi connectivity index (χ0n) is 11.1. The van der Waals surface area contributed by atoms with E-state index in [1.165, 1.54) is 6.08 Å². The largest absolute Gasteiger partial charge is 0.478 e. The Hall–Kier alpha value is -1.88. The van der Waals surface area contributed by atoms with Crippen molar-refractivity contribution in [2.75, 3.05) is 18.1 Å². The van der Waals surface area contributed by atoms with Crippen LogP contribution in [-0.2, 0) is 9.53 Å². The third-order valence-corrected chi connectivity index (χ3v) is 3.09. The fraction of sp³-hybridized carbons (Fsp3) is 0.429. The van der Waals surface area contributed by atoms with E-state index in [4.69, 9.17) is 9.84 Å². The lowest BCUT2D eigenvalue weighted by Crippen LogP contribution is -2.47. The number of anilines is 1. The number of hydrogen-bond acceptors (Lipinski definition) is 4. The van der Waals surface area contributed by atoms with E-state index in [1.54, 1.807) is 6.20 Å². The van der Waals surface area contributed by atoms with Gasteiger partial charge in [-0.25, -0.2) is 9.78 Å². The maximum Gasteiger partial charge on any atom is 0.328 e. The average Bonchev–Trinajstić information content (AvgIpc) is 2.40. The first kappa shape index (κ1) is 13.5. The van der Waals surface area contributed by atoms with E-state index in [0.717, 1.165) is 24.0 Å². The van der Waals surface area contributed by atoms with Crippen LogP contribution in [0.4, 0.5) is 5.82 Å². The minimum Gasteiger partial charge on any atom is -0.478 e. The van der Waals surface area contributed by atoms with Crippen molar-refractivity contribution in [3.8, 4) is 0 Å². The van der Waals surface area contributed by atoms with Gasteiger partial charge < -0.3 is 14.7 Å². The molecule has 0 saturated carbocycles. The zero-order chi connectivity index (χ0) is 13.8. The van der Waals surface area contributed by atoms with Crippen LogP contribution in [-0.4, -0.2) is 41.4 Å². The Balaban J connectivity index is 2.11. The van der Waals surface area contributed by atoms with Crippen molar-refractivity contribution in [1.29, 1.82) is 0 Å². The number of hydrogen-bond donors (Lipinski definition) is 1. The van der Waals surface area contributed by atoms with Crippen molar-refractivity contribution in [2.24, 2.45) is 0 Å². The molecular weight excluding hydrogens is 244 g/mol. The molecule has 1 aromatic rings. The lowest BCUT2D eigenvalue weighted by Gasteiger charge is -2.37. The molecule has 0 bridgehead atoms. The van der Waals surface area contributed by atoms with Gasteiger partial charge in [-0.1, -0.05) is 0 Å². The summed E-state index contributed by atoms with van der Waals surface area (Å²) in [7, 11) is 0. The van der Waals surface area contributed by atoms with Gasteiger partial charge in [0.25, 0.3) is 0 Å². The van der Waals surface area contributed by atoms with Crippen LogP contribution in [0.1, 0.15) is 19.4 Å². The molecule has 0 amide bonds. The lowest BCUT2D eigenvalue weighted by atomic mass is 10.2. The molecule has 0 aromatic carbocycles. The Labute approximate surface area is 112 Å². The van der Waals surface area contributed by atoms with Gasteiger partial charge in [-0.05, 0) is 37.6 Å². The molecule has 2 rings (SSSR count). The number of ether oxygens (including phenoxy) is 1. The first-order valence-electron chi connectivity index (χ1n) is 6.31. The number of carboxylic acid groups (broad SMARTS) is 1. The topological polar surface area (TPSA) is 62.7 Å². The average molecular weight is 262 g/mol. The summed E-state index contributed by atoms with van der Waals surface area (Å²) in [6, 6.07) is 4.08. The van der Waals surface area contributed by atoms with E-state index < -0.39 is 5.97 Å². The predicted octanol–water partition coefficient (Wildman–Crippen LogP) is 1.79. The summed E-state index contributed by atoms with van der Waals surface area (Å²) in [5.74, 6) is -0.0603. The van der Waals surface area contributed by atoms with E-state index in [1.807, 2.05) is 19.1 Å².